The average molecular weight is 377 g/mol. The van der Waals surface area contributed by atoms with Crippen molar-refractivity contribution in [2.75, 3.05) is 13.2 Å². The molecule has 2 aromatic carbocycles. The summed E-state index contributed by atoms with van der Waals surface area (Å²) in [6.07, 6.45) is 3.49. The standard InChI is InChI=1S/C22H19NO5/c1-12-15(13-2-7-18-19(10-13)28-9-8-27-18)5-6-16-20(12)23(14-3-4-14)11-17(21(16)24)22(25)26/h2,5-7,10-11,14H,3-4,8-9H2,1H3,(H,25,26). The van der Waals surface area contributed by atoms with Crippen LogP contribution in [0.4, 0.5) is 0 Å². The molecule has 0 amide bonds. The van der Waals surface area contributed by atoms with Crippen LogP contribution in [-0.4, -0.2) is 28.9 Å². The van der Waals surface area contributed by atoms with Crippen LogP contribution < -0.4 is 14.9 Å². The number of pyridine rings is 1. The minimum atomic E-state index is -1.19. The van der Waals surface area contributed by atoms with Crippen LogP contribution in [0.5, 0.6) is 11.5 Å². The van der Waals surface area contributed by atoms with Crippen LogP contribution in [0.15, 0.2) is 41.3 Å². The summed E-state index contributed by atoms with van der Waals surface area (Å²) in [6, 6.07) is 9.70. The maximum atomic E-state index is 12.7. The number of aromatic carboxylic acids is 1. The van der Waals surface area contributed by atoms with E-state index in [2.05, 4.69) is 0 Å². The zero-order valence-electron chi connectivity index (χ0n) is 15.4. The van der Waals surface area contributed by atoms with Gasteiger partial charge in [-0.2, -0.15) is 0 Å². The second-order valence-corrected chi connectivity index (χ2v) is 7.31. The molecule has 142 valence electrons. The number of fused-ring (bicyclic) bond motifs is 2. The van der Waals surface area contributed by atoms with Gasteiger partial charge in [-0.25, -0.2) is 4.79 Å². The number of hydrogen-bond acceptors (Lipinski definition) is 4. The van der Waals surface area contributed by atoms with Gasteiger partial charge in [-0.3, -0.25) is 4.79 Å². The van der Waals surface area contributed by atoms with Crippen LogP contribution in [0.25, 0.3) is 22.0 Å². The third-order valence-corrected chi connectivity index (χ3v) is 5.47. The Labute approximate surface area is 160 Å². The highest BCUT2D eigenvalue weighted by Crippen LogP contribution is 2.40. The fourth-order valence-electron chi connectivity index (χ4n) is 3.94. The Kier molecular flexibility index (Phi) is 3.69. The molecule has 6 nitrogen and oxygen atoms in total. The molecular formula is C22H19NO5. The molecule has 6 heteroatoms. The van der Waals surface area contributed by atoms with Gasteiger partial charge in [-0.05, 0) is 54.7 Å². The average Bonchev–Trinajstić information content (AvgIpc) is 3.53. The van der Waals surface area contributed by atoms with Gasteiger partial charge in [0, 0.05) is 17.6 Å². The molecule has 3 aromatic rings. The maximum Gasteiger partial charge on any atom is 0.341 e. The maximum absolute atomic E-state index is 12.7. The van der Waals surface area contributed by atoms with E-state index in [9.17, 15) is 14.7 Å². The van der Waals surface area contributed by atoms with Crippen LogP contribution in [0.2, 0.25) is 0 Å². The predicted octanol–water partition coefficient (Wildman–Crippen LogP) is 3.78. The molecule has 0 radical (unpaired) electrons. The molecule has 0 atom stereocenters. The van der Waals surface area contributed by atoms with E-state index in [4.69, 9.17) is 9.47 Å². The lowest BCUT2D eigenvalue weighted by Gasteiger charge is -2.20. The lowest BCUT2D eigenvalue weighted by atomic mass is 9.96. The zero-order valence-corrected chi connectivity index (χ0v) is 15.4. The van der Waals surface area contributed by atoms with Crippen molar-refractivity contribution in [2.45, 2.75) is 25.8 Å². The number of ether oxygens (including phenoxy) is 2. The van der Waals surface area contributed by atoms with E-state index < -0.39 is 11.4 Å². The van der Waals surface area contributed by atoms with Gasteiger partial charge in [-0.15, -0.1) is 0 Å². The minimum absolute atomic E-state index is 0.175. The minimum Gasteiger partial charge on any atom is -0.486 e. The van der Waals surface area contributed by atoms with Crippen molar-refractivity contribution in [1.82, 2.24) is 4.57 Å². The molecule has 0 spiro atoms. The molecule has 1 aromatic heterocycles. The number of aromatic nitrogens is 1. The Morgan fingerprint density at radius 3 is 2.57 bits per heavy atom. The number of benzene rings is 2. The van der Waals surface area contributed by atoms with Crippen molar-refractivity contribution in [1.29, 1.82) is 0 Å². The normalized spacial score (nSPS) is 15.6. The Balaban J connectivity index is 1.75. The molecule has 0 unspecified atom stereocenters. The summed E-state index contributed by atoms with van der Waals surface area (Å²) < 4.78 is 13.3. The van der Waals surface area contributed by atoms with Gasteiger partial charge in [-0.1, -0.05) is 12.1 Å². The number of aryl methyl sites for hydroxylation is 1. The molecule has 1 aliphatic heterocycles. The molecule has 0 bridgehead atoms. The topological polar surface area (TPSA) is 77.8 Å². The summed E-state index contributed by atoms with van der Waals surface area (Å²) in [4.78, 5) is 24.3. The first-order chi connectivity index (χ1) is 13.5. The van der Waals surface area contributed by atoms with Gasteiger partial charge in [0.05, 0.1) is 5.52 Å². The number of hydrogen-bond donors (Lipinski definition) is 1. The van der Waals surface area contributed by atoms with E-state index in [-0.39, 0.29) is 11.6 Å². The summed E-state index contributed by atoms with van der Waals surface area (Å²) in [5, 5.41) is 9.88. The van der Waals surface area contributed by atoms with Crippen molar-refractivity contribution in [3.63, 3.8) is 0 Å². The monoisotopic (exact) mass is 377 g/mol. The highest BCUT2D eigenvalue weighted by atomic mass is 16.6. The van der Waals surface area contributed by atoms with Crippen LogP contribution in [0.1, 0.15) is 34.8 Å². The Morgan fingerprint density at radius 1 is 1.11 bits per heavy atom. The second-order valence-electron chi connectivity index (χ2n) is 7.31. The van der Waals surface area contributed by atoms with Crippen molar-refractivity contribution < 1.29 is 19.4 Å². The third kappa shape index (κ3) is 2.56. The van der Waals surface area contributed by atoms with E-state index in [1.807, 2.05) is 35.8 Å². The summed E-state index contributed by atoms with van der Waals surface area (Å²) in [5.74, 6) is 0.258. The van der Waals surface area contributed by atoms with Gasteiger partial charge >= 0.3 is 5.97 Å². The Morgan fingerprint density at radius 2 is 1.86 bits per heavy atom. The van der Waals surface area contributed by atoms with E-state index in [0.29, 0.717) is 24.3 Å². The Bertz CT molecular complexity index is 1190. The molecular weight excluding hydrogens is 358 g/mol. The van der Waals surface area contributed by atoms with Gasteiger partial charge in [0.15, 0.2) is 11.5 Å². The van der Waals surface area contributed by atoms with Crippen molar-refractivity contribution in [3.05, 3.63) is 57.9 Å². The highest BCUT2D eigenvalue weighted by molar-refractivity contribution is 5.95. The fourth-order valence-corrected chi connectivity index (χ4v) is 3.94. The van der Waals surface area contributed by atoms with Crippen LogP contribution in [-0.2, 0) is 0 Å². The number of carboxylic acids is 1. The van der Waals surface area contributed by atoms with Crippen molar-refractivity contribution in [2.24, 2.45) is 0 Å². The van der Waals surface area contributed by atoms with Gasteiger partial charge in [0.2, 0.25) is 5.43 Å². The highest BCUT2D eigenvalue weighted by Gasteiger charge is 2.28. The number of carbonyl (C=O) groups is 1. The van der Waals surface area contributed by atoms with Gasteiger partial charge < -0.3 is 19.1 Å². The molecule has 1 saturated carbocycles. The number of nitrogens with zero attached hydrogens (tertiary/aromatic N) is 1. The first-order valence-electron chi connectivity index (χ1n) is 9.36. The molecule has 1 fully saturated rings. The van der Waals surface area contributed by atoms with E-state index >= 15 is 0 Å². The molecule has 2 aliphatic rings. The number of carboxylic acid groups (broad SMARTS) is 1. The smallest absolute Gasteiger partial charge is 0.341 e. The SMILES string of the molecule is Cc1c(-c2ccc3c(c2)OCCO3)ccc2c(=O)c(C(=O)O)cn(C3CC3)c12. The summed E-state index contributed by atoms with van der Waals surface area (Å²) in [7, 11) is 0. The lowest BCUT2D eigenvalue weighted by molar-refractivity contribution is 0.0695. The molecule has 0 saturated heterocycles. The summed E-state index contributed by atoms with van der Waals surface area (Å²) in [6.45, 7) is 3.04. The van der Waals surface area contributed by atoms with Crippen molar-refractivity contribution in [3.8, 4) is 22.6 Å². The molecule has 1 N–H and O–H groups in total. The summed E-state index contributed by atoms with van der Waals surface area (Å²) >= 11 is 0. The van der Waals surface area contributed by atoms with Gasteiger partial charge in [0.1, 0.15) is 18.8 Å². The molecule has 28 heavy (non-hydrogen) atoms. The largest absolute Gasteiger partial charge is 0.486 e. The fraction of sp³-hybridized carbons (Fsp3) is 0.273. The van der Waals surface area contributed by atoms with Crippen LogP contribution in [0.3, 0.4) is 0 Å². The van der Waals surface area contributed by atoms with Crippen LogP contribution in [0, 0.1) is 6.92 Å². The quantitative estimate of drug-likeness (QED) is 0.752. The lowest BCUT2D eigenvalue weighted by Crippen LogP contribution is -2.19. The Hall–Kier alpha value is -3.28. The molecule has 2 heterocycles. The molecule has 1 aliphatic carbocycles. The van der Waals surface area contributed by atoms with E-state index in [1.165, 1.54) is 6.20 Å². The van der Waals surface area contributed by atoms with E-state index in [0.717, 1.165) is 40.8 Å². The number of rotatable bonds is 3. The van der Waals surface area contributed by atoms with Crippen LogP contribution >= 0.6 is 0 Å². The summed E-state index contributed by atoms with van der Waals surface area (Å²) in [5.41, 5.74) is 3.12. The third-order valence-electron chi connectivity index (χ3n) is 5.47. The molecule has 5 rings (SSSR count). The van der Waals surface area contributed by atoms with Crippen molar-refractivity contribution >= 4 is 16.9 Å². The second kappa shape index (κ2) is 6.12. The van der Waals surface area contributed by atoms with Gasteiger partial charge in [0.25, 0.3) is 0 Å². The first-order valence-corrected chi connectivity index (χ1v) is 9.36. The van der Waals surface area contributed by atoms with E-state index in [1.54, 1.807) is 6.07 Å². The first kappa shape index (κ1) is 16.9. The zero-order chi connectivity index (χ0) is 19.4. The predicted molar refractivity (Wildman–Crippen MR) is 105 cm³/mol.